The molecule has 6 heteroatoms. The molecule has 0 saturated heterocycles. The molecule has 5 nitrogen and oxygen atoms in total. The summed E-state index contributed by atoms with van der Waals surface area (Å²) < 4.78 is 25.2. The average Bonchev–Trinajstić information content (AvgIpc) is 2.56. The first-order valence-electron chi connectivity index (χ1n) is 4.93. The second-order valence-corrected chi connectivity index (χ2v) is 5.57. The molecule has 1 atom stereocenters. The molecule has 1 unspecified atom stereocenters. The van der Waals surface area contributed by atoms with Crippen molar-refractivity contribution >= 4 is 21.6 Å². The second kappa shape index (κ2) is 3.88. The van der Waals surface area contributed by atoms with Crippen LogP contribution in [0.15, 0.2) is 24.3 Å². The van der Waals surface area contributed by atoms with Crippen LogP contribution in [0.4, 0.5) is 5.69 Å². The summed E-state index contributed by atoms with van der Waals surface area (Å²) in [7, 11) is -3.39. The molecule has 1 aromatic rings. The van der Waals surface area contributed by atoms with Gasteiger partial charge in [-0.2, -0.15) is 4.72 Å². The van der Waals surface area contributed by atoms with E-state index in [9.17, 15) is 13.2 Å². The minimum atomic E-state index is -3.39. The van der Waals surface area contributed by atoms with Gasteiger partial charge in [0.15, 0.2) is 0 Å². The van der Waals surface area contributed by atoms with Gasteiger partial charge >= 0.3 is 0 Å². The van der Waals surface area contributed by atoms with Gasteiger partial charge in [-0.3, -0.25) is 4.79 Å². The van der Waals surface area contributed by atoms with E-state index in [1.807, 2.05) is 0 Å². The van der Waals surface area contributed by atoms with Crippen LogP contribution < -0.4 is 10.0 Å². The Labute approximate surface area is 93.9 Å². The van der Waals surface area contributed by atoms with Gasteiger partial charge in [0, 0.05) is 11.3 Å². The van der Waals surface area contributed by atoms with Gasteiger partial charge in [-0.15, -0.1) is 0 Å². The monoisotopic (exact) mass is 240 g/mol. The third-order valence-electron chi connectivity index (χ3n) is 2.47. The van der Waals surface area contributed by atoms with Gasteiger partial charge in [-0.25, -0.2) is 8.42 Å². The first-order valence-corrected chi connectivity index (χ1v) is 6.58. The molecule has 86 valence electrons. The molecule has 16 heavy (non-hydrogen) atoms. The van der Waals surface area contributed by atoms with Crippen molar-refractivity contribution in [3.8, 4) is 0 Å². The quantitative estimate of drug-likeness (QED) is 0.813. The van der Waals surface area contributed by atoms with Gasteiger partial charge in [-0.05, 0) is 13.0 Å². The minimum absolute atomic E-state index is 0.0427. The lowest BCUT2D eigenvalue weighted by molar-refractivity contribution is -0.117. The number of hydrogen-bond donors (Lipinski definition) is 2. The topological polar surface area (TPSA) is 75.3 Å². The second-order valence-electron chi connectivity index (χ2n) is 3.53. The molecule has 1 amide bonds. The summed E-state index contributed by atoms with van der Waals surface area (Å²) in [6, 6.07) is 6.23. The molecule has 2 N–H and O–H groups in total. The van der Waals surface area contributed by atoms with E-state index in [1.165, 1.54) is 6.92 Å². The number of carbonyl (C=O) groups is 1. The summed E-state index contributed by atoms with van der Waals surface area (Å²) in [4.78, 5) is 11.6. The predicted octanol–water partition coefficient (Wildman–Crippen LogP) is 0.619. The van der Waals surface area contributed by atoms with E-state index in [0.717, 1.165) is 0 Å². The summed E-state index contributed by atoms with van der Waals surface area (Å²) in [5.41, 5.74) is 1.33. The van der Waals surface area contributed by atoms with Crippen molar-refractivity contribution in [2.45, 2.75) is 13.0 Å². The molecule has 0 spiro atoms. The molecule has 0 aromatic heterocycles. The van der Waals surface area contributed by atoms with Crippen molar-refractivity contribution < 1.29 is 13.2 Å². The average molecular weight is 240 g/mol. The highest BCUT2D eigenvalue weighted by Crippen LogP contribution is 2.30. The molecule has 1 heterocycles. The number of rotatable bonds is 3. The number of amides is 1. The Morgan fingerprint density at radius 3 is 2.75 bits per heavy atom. The molecular formula is C10H12N2O3S. The van der Waals surface area contributed by atoms with E-state index in [-0.39, 0.29) is 11.7 Å². The normalized spacial score (nSPS) is 19.3. The van der Waals surface area contributed by atoms with Crippen LogP contribution in [0.1, 0.15) is 18.5 Å². The highest BCUT2D eigenvalue weighted by atomic mass is 32.2. The van der Waals surface area contributed by atoms with Crippen molar-refractivity contribution in [3.05, 3.63) is 29.8 Å². The van der Waals surface area contributed by atoms with Crippen molar-refractivity contribution in [2.24, 2.45) is 0 Å². The SMILES string of the molecule is CCS(=O)(=O)NC1C(=O)Nc2ccccc21. The van der Waals surface area contributed by atoms with Crippen LogP contribution in [0.2, 0.25) is 0 Å². The number of fused-ring (bicyclic) bond motifs is 1. The Hall–Kier alpha value is -1.40. The predicted molar refractivity (Wildman–Crippen MR) is 60.4 cm³/mol. The van der Waals surface area contributed by atoms with Gasteiger partial charge in [-0.1, -0.05) is 18.2 Å². The Morgan fingerprint density at radius 1 is 1.38 bits per heavy atom. The number of para-hydroxylation sites is 1. The maximum absolute atomic E-state index is 11.6. The summed E-state index contributed by atoms with van der Waals surface area (Å²) in [5.74, 6) is -0.378. The van der Waals surface area contributed by atoms with Crippen LogP contribution in [-0.4, -0.2) is 20.1 Å². The number of sulfonamides is 1. The van der Waals surface area contributed by atoms with E-state index < -0.39 is 16.1 Å². The van der Waals surface area contributed by atoms with Crippen LogP contribution in [0.25, 0.3) is 0 Å². The molecule has 2 rings (SSSR count). The summed E-state index contributed by atoms with van der Waals surface area (Å²) >= 11 is 0. The summed E-state index contributed by atoms with van der Waals surface area (Å²) in [5, 5.41) is 2.63. The van der Waals surface area contributed by atoms with Gasteiger partial charge in [0.25, 0.3) is 0 Å². The van der Waals surface area contributed by atoms with Crippen molar-refractivity contribution in [1.82, 2.24) is 4.72 Å². The van der Waals surface area contributed by atoms with Gasteiger partial charge < -0.3 is 5.32 Å². The largest absolute Gasteiger partial charge is 0.324 e. The zero-order valence-electron chi connectivity index (χ0n) is 8.73. The molecule has 0 bridgehead atoms. The third-order valence-corrected chi connectivity index (χ3v) is 3.82. The number of carbonyl (C=O) groups excluding carboxylic acids is 1. The van der Waals surface area contributed by atoms with Gasteiger partial charge in [0.1, 0.15) is 6.04 Å². The maximum atomic E-state index is 11.6. The van der Waals surface area contributed by atoms with Crippen LogP contribution in [0, 0.1) is 0 Å². The zero-order valence-corrected chi connectivity index (χ0v) is 9.54. The first kappa shape index (κ1) is 11.1. The fraction of sp³-hybridized carbons (Fsp3) is 0.300. The molecular weight excluding hydrogens is 228 g/mol. The lowest BCUT2D eigenvalue weighted by atomic mass is 10.1. The molecule has 1 aliphatic heterocycles. The van der Waals surface area contributed by atoms with E-state index in [0.29, 0.717) is 11.3 Å². The number of benzene rings is 1. The fourth-order valence-corrected chi connectivity index (χ4v) is 2.35. The van der Waals surface area contributed by atoms with Gasteiger partial charge in [0.2, 0.25) is 15.9 Å². The van der Waals surface area contributed by atoms with E-state index >= 15 is 0 Å². The summed E-state index contributed by atoms with van der Waals surface area (Å²) in [6.45, 7) is 1.53. The number of anilines is 1. The molecule has 0 fully saturated rings. The standard InChI is InChI=1S/C10H12N2O3S/c1-2-16(14,15)12-9-7-5-3-4-6-8(7)11-10(9)13/h3-6,9,12H,2H2,1H3,(H,11,13). The molecule has 0 saturated carbocycles. The molecule has 0 aliphatic carbocycles. The smallest absolute Gasteiger partial charge is 0.247 e. The van der Waals surface area contributed by atoms with E-state index in [4.69, 9.17) is 0 Å². The highest BCUT2D eigenvalue weighted by Gasteiger charge is 2.32. The fourth-order valence-electron chi connectivity index (χ4n) is 1.59. The molecule has 1 aliphatic rings. The highest BCUT2D eigenvalue weighted by molar-refractivity contribution is 7.89. The number of hydrogen-bond acceptors (Lipinski definition) is 3. The Kier molecular flexibility index (Phi) is 2.69. The first-order chi connectivity index (χ1) is 7.53. The zero-order chi connectivity index (χ0) is 11.8. The van der Waals surface area contributed by atoms with Crippen molar-refractivity contribution in [2.75, 3.05) is 11.1 Å². The van der Waals surface area contributed by atoms with Crippen LogP contribution in [0.3, 0.4) is 0 Å². The van der Waals surface area contributed by atoms with Crippen LogP contribution in [-0.2, 0) is 14.8 Å². The van der Waals surface area contributed by atoms with Crippen molar-refractivity contribution in [3.63, 3.8) is 0 Å². The summed E-state index contributed by atoms with van der Waals surface area (Å²) in [6.07, 6.45) is 0. The van der Waals surface area contributed by atoms with Gasteiger partial charge in [0.05, 0.1) is 5.75 Å². The molecule has 1 aromatic carbocycles. The van der Waals surface area contributed by atoms with Crippen LogP contribution in [0.5, 0.6) is 0 Å². The van der Waals surface area contributed by atoms with E-state index in [2.05, 4.69) is 10.0 Å². The Balaban J connectivity index is 2.33. The minimum Gasteiger partial charge on any atom is -0.324 e. The maximum Gasteiger partial charge on any atom is 0.247 e. The van der Waals surface area contributed by atoms with Crippen molar-refractivity contribution in [1.29, 1.82) is 0 Å². The molecule has 0 radical (unpaired) electrons. The number of nitrogens with one attached hydrogen (secondary N) is 2. The Morgan fingerprint density at radius 2 is 2.06 bits per heavy atom. The Bertz CT molecular complexity index is 525. The lowest BCUT2D eigenvalue weighted by Gasteiger charge is -2.10. The third kappa shape index (κ3) is 1.94. The lowest BCUT2D eigenvalue weighted by Crippen LogP contribution is -2.33. The van der Waals surface area contributed by atoms with Crippen LogP contribution >= 0.6 is 0 Å². The van der Waals surface area contributed by atoms with E-state index in [1.54, 1.807) is 24.3 Å².